The number of pyridine rings is 1. The number of hydrogen-bond donors (Lipinski definition) is 2. The summed E-state index contributed by atoms with van der Waals surface area (Å²) < 4.78 is 6.67. The fourth-order valence-corrected chi connectivity index (χ4v) is 1.80. The van der Waals surface area contributed by atoms with Crippen LogP contribution in [0.4, 0.5) is 5.82 Å². The number of nitrogens with zero attached hydrogens (tertiary/aromatic N) is 2. The Kier molecular flexibility index (Phi) is 6.03. The third-order valence-corrected chi connectivity index (χ3v) is 2.55. The highest BCUT2D eigenvalue weighted by molar-refractivity contribution is 14.1. The van der Waals surface area contributed by atoms with Gasteiger partial charge in [-0.3, -0.25) is 5.01 Å². The van der Waals surface area contributed by atoms with E-state index in [-0.39, 0.29) is 0 Å². The van der Waals surface area contributed by atoms with Crippen molar-refractivity contribution in [2.45, 2.75) is 0 Å². The lowest BCUT2D eigenvalue weighted by molar-refractivity contribution is 0.0962. The average Bonchev–Trinajstić information content (AvgIpc) is 2.21. The van der Waals surface area contributed by atoms with Crippen molar-refractivity contribution in [3.8, 4) is 0 Å². The molecule has 0 bridgehead atoms. The van der Waals surface area contributed by atoms with Crippen LogP contribution in [0.5, 0.6) is 0 Å². The molecule has 0 saturated carbocycles. The number of nitrogens with one attached hydrogen (secondary N) is 1. The summed E-state index contributed by atoms with van der Waals surface area (Å²) in [6, 6.07) is 3.78. The van der Waals surface area contributed by atoms with Crippen LogP contribution in [0.1, 0.15) is 0 Å². The summed E-state index contributed by atoms with van der Waals surface area (Å²) in [6.07, 6.45) is 3.45. The molecule has 16 heavy (non-hydrogen) atoms. The van der Waals surface area contributed by atoms with Gasteiger partial charge in [-0.05, 0) is 50.7 Å². The number of hydrazine groups is 1. The van der Waals surface area contributed by atoms with Crippen LogP contribution in [-0.2, 0) is 4.74 Å². The highest BCUT2D eigenvalue weighted by Gasteiger charge is 1.98. The Bertz CT molecular complexity index is 357. The molecule has 0 atom stereocenters. The highest BCUT2D eigenvalue weighted by atomic mass is 127. The lowest BCUT2D eigenvalue weighted by Gasteiger charge is -2.13. The van der Waals surface area contributed by atoms with E-state index in [0.717, 1.165) is 14.0 Å². The number of aromatic nitrogens is 1. The van der Waals surface area contributed by atoms with Crippen LogP contribution >= 0.6 is 38.5 Å². The molecule has 3 N–H and O–H groups in total. The molecule has 0 unspecified atom stereocenters. The monoisotopic (exact) mass is 398 g/mol. The van der Waals surface area contributed by atoms with E-state index in [1.807, 2.05) is 12.1 Å². The van der Waals surface area contributed by atoms with Crippen LogP contribution in [0.3, 0.4) is 0 Å². The van der Waals surface area contributed by atoms with Crippen LogP contribution in [0.2, 0.25) is 0 Å². The number of rotatable bonds is 5. The molecule has 1 aromatic heterocycles. The molecule has 88 valence electrons. The van der Waals surface area contributed by atoms with Crippen molar-refractivity contribution in [1.82, 2.24) is 9.99 Å². The highest BCUT2D eigenvalue weighted by Crippen LogP contribution is 2.14. The molecule has 0 aliphatic carbocycles. The molecule has 0 aliphatic rings. The summed E-state index contributed by atoms with van der Waals surface area (Å²) in [4.78, 5) is 4.18. The first-order valence-corrected chi connectivity index (χ1v) is 6.25. The first kappa shape index (κ1) is 13.7. The molecular weight excluding hydrogens is 387 g/mol. The quantitative estimate of drug-likeness (QED) is 0.262. The van der Waals surface area contributed by atoms with Gasteiger partial charge in [-0.15, -0.1) is 0 Å². The first-order valence-electron chi connectivity index (χ1n) is 4.38. The molecule has 0 saturated heterocycles. The van der Waals surface area contributed by atoms with Gasteiger partial charge >= 0.3 is 0 Å². The maximum absolute atomic E-state index is 5.62. The topological polar surface area (TPSA) is 63.4 Å². The molecule has 1 rings (SSSR count). The number of nitrogens with two attached hydrogens (primary N) is 1. The van der Waals surface area contributed by atoms with Gasteiger partial charge < -0.3 is 10.1 Å². The van der Waals surface area contributed by atoms with E-state index in [1.54, 1.807) is 19.5 Å². The van der Waals surface area contributed by atoms with Gasteiger partial charge in [0, 0.05) is 24.0 Å². The maximum Gasteiger partial charge on any atom is 0.132 e. The summed E-state index contributed by atoms with van der Waals surface area (Å²) in [7, 11) is 1.59. The third-order valence-electron chi connectivity index (χ3n) is 1.53. The van der Waals surface area contributed by atoms with Gasteiger partial charge in [-0.2, -0.15) is 0 Å². The first-order chi connectivity index (χ1) is 7.61. The Morgan fingerprint density at radius 1 is 1.75 bits per heavy atom. The number of ether oxygens (including phenoxy) is 1. The Hall–Kier alpha value is -0.380. The van der Waals surface area contributed by atoms with Crippen LogP contribution in [-0.4, -0.2) is 23.8 Å². The van der Waals surface area contributed by atoms with Crippen LogP contribution in [0.25, 0.3) is 0 Å². The van der Waals surface area contributed by atoms with E-state index < -0.39 is 0 Å². The van der Waals surface area contributed by atoms with Crippen molar-refractivity contribution >= 4 is 44.3 Å². The van der Waals surface area contributed by atoms with E-state index >= 15 is 0 Å². The minimum absolute atomic E-state index is 0.335. The van der Waals surface area contributed by atoms with E-state index in [9.17, 15) is 0 Å². The minimum Gasteiger partial charge on any atom is -0.363 e. The lowest BCUT2D eigenvalue weighted by Crippen LogP contribution is -2.27. The predicted octanol–water partition coefficient (Wildman–Crippen LogP) is 2.27. The van der Waals surface area contributed by atoms with Crippen molar-refractivity contribution in [1.29, 1.82) is 0 Å². The van der Waals surface area contributed by atoms with Crippen molar-refractivity contribution in [3.63, 3.8) is 0 Å². The van der Waals surface area contributed by atoms with E-state index in [2.05, 4.69) is 48.8 Å². The Morgan fingerprint density at radius 3 is 3.06 bits per heavy atom. The van der Waals surface area contributed by atoms with Crippen molar-refractivity contribution in [2.75, 3.05) is 19.2 Å². The second-order valence-electron chi connectivity index (χ2n) is 2.90. The van der Waals surface area contributed by atoms with Gasteiger partial charge in [-0.25, -0.2) is 10.8 Å². The van der Waals surface area contributed by atoms with Crippen LogP contribution < -0.4 is 11.2 Å². The lowest BCUT2D eigenvalue weighted by atomic mass is 10.5. The second kappa shape index (κ2) is 7.05. The molecule has 0 aromatic carbocycles. The summed E-state index contributed by atoms with van der Waals surface area (Å²) in [5.41, 5.74) is 0. The molecule has 0 aliphatic heterocycles. The second-order valence-corrected chi connectivity index (χ2v) is 4.97. The number of halogens is 2. The normalized spacial score (nSPS) is 11.4. The van der Waals surface area contributed by atoms with Crippen molar-refractivity contribution in [2.24, 2.45) is 5.84 Å². The summed E-state index contributed by atoms with van der Waals surface area (Å²) in [6.45, 7) is 0.335. The average molecular weight is 399 g/mol. The van der Waals surface area contributed by atoms with Crippen LogP contribution in [0, 0.1) is 0 Å². The largest absolute Gasteiger partial charge is 0.363 e. The molecule has 5 nitrogen and oxygen atoms in total. The Balaban J connectivity index is 2.56. The Morgan fingerprint density at radius 2 is 2.50 bits per heavy atom. The molecule has 1 aromatic rings. The molecule has 0 amide bonds. The molecular formula is C9H12BrIN4O. The fraction of sp³-hybridized carbons (Fsp3) is 0.222. The zero-order chi connectivity index (χ0) is 12.0. The van der Waals surface area contributed by atoms with Gasteiger partial charge in [0.15, 0.2) is 0 Å². The van der Waals surface area contributed by atoms with E-state index in [4.69, 9.17) is 10.6 Å². The van der Waals surface area contributed by atoms with Crippen molar-refractivity contribution in [3.05, 3.63) is 32.7 Å². The standard InChI is InChI=1S/C9H12BrIN4O/c1-16-6-15(12)5-8(11)14-9-3-2-7(10)4-13-9/h2-5H,6,12H2,1H3,(H,13,14). The van der Waals surface area contributed by atoms with E-state index in [1.165, 1.54) is 5.01 Å². The summed E-state index contributed by atoms with van der Waals surface area (Å²) >= 11 is 5.45. The molecule has 0 fully saturated rings. The SMILES string of the molecule is COCN(N)C=C(I)Nc1ccc(Br)cn1. The predicted molar refractivity (Wildman–Crippen MR) is 75.6 cm³/mol. The number of methoxy groups -OCH3 is 1. The fourth-order valence-electron chi connectivity index (χ4n) is 0.936. The minimum atomic E-state index is 0.335. The van der Waals surface area contributed by atoms with E-state index in [0.29, 0.717) is 6.73 Å². The molecule has 1 heterocycles. The van der Waals surface area contributed by atoms with Gasteiger partial charge in [0.05, 0.1) is 3.70 Å². The molecule has 0 radical (unpaired) electrons. The van der Waals surface area contributed by atoms with Crippen LogP contribution in [0.15, 0.2) is 32.7 Å². The Labute approximate surface area is 116 Å². The molecule has 7 heteroatoms. The molecule has 0 spiro atoms. The smallest absolute Gasteiger partial charge is 0.132 e. The number of hydrogen-bond acceptors (Lipinski definition) is 5. The zero-order valence-corrected chi connectivity index (χ0v) is 12.4. The van der Waals surface area contributed by atoms with Gasteiger partial charge in [0.1, 0.15) is 12.5 Å². The van der Waals surface area contributed by atoms with Gasteiger partial charge in [0.2, 0.25) is 0 Å². The van der Waals surface area contributed by atoms with Gasteiger partial charge in [-0.1, -0.05) is 0 Å². The maximum atomic E-state index is 5.62. The van der Waals surface area contributed by atoms with Crippen molar-refractivity contribution < 1.29 is 4.74 Å². The summed E-state index contributed by atoms with van der Waals surface area (Å²) in [5, 5.41) is 4.54. The van der Waals surface area contributed by atoms with Gasteiger partial charge in [0.25, 0.3) is 0 Å². The summed E-state index contributed by atoms with van der Waals surface area (Å²) in [5.74, 6) is 6.38. The third kappa shape index (κ3) is 5.10. The number of anilines is 1. The zero-order valence-electron chi connectivity index (χ0n) is 8.65.